The number of nitrogens with zero attached hydrogens (tertiary/aromatic N) is 3. The normalized spacial score (nSPS) is 16.5. The molecule has 1 heterocycles. The van der Waals surface area contributed by atoms with E-state index in [4.69, 9.17) is 28.0 Å². The fourth-order valence-electron chi connectivity index (χ4n) is 5.68. The lowest BCUT2D eigenvalue weighted by Gasteiger charge is -2.39. The van der Waals surface area contributed by atoms with Gasteiger partial charge < -0.3 is 19.7 Å². The number of benzene rings is 3. The van der Waals surface area contributed by atoms with Crippen LogP contribution in [-0.4, -0.2) is 66.9 Å². The molecule has 1 aliphatic rings. The molecule has 1 fully saturated rings. The van der Waals surface area contributed by atoms with Crippen molar-refractivity contribution in [1.29, 1.82) is 0 Å². The van der Waals surface area contributed by atoms with Crippen molar-refractivity contribution in [3.05, 3.63) is 105 Å². The van der Waals surface area contributed by atoms with Crippen LogP contribution in [0.3, 0.4) is 0 Å². The van der Waals surface area contributed by atoms with E-state index >= 15 is 0 Å². The lowest BCUT2D eigenvalue weighted by molar-refractivity contribution is -0.143. The predicted octanol–water partition coefficient (Wildman–Crippen LogP) is 8.26. The first-order valence-electron chi connectivity index (χ1n) is 14.6. The van der Waals surface area contributed by atoms with E-state index in [0.29, 0.717) is 61.6 Å². The van der Waals surface area contributed by atoms with Crippen LogP contribution in [0.25, 0.3) is 0 Å². The van der Waals surface area contributed by atoms with E-state index in [1.807, 2.05) is 30.3 Å². The van der Waals surface area contributed by atoms with E-state index in [1.165, 1.54) is 14.2 Å². The first-order chi connectivity index (χ1) is 22.0. The molecule has 1 saturated heterocycles. The van der Waals surface area contributed by atoms with Gasteiger partial charge in [-0.25, -0.2) is 0 Å². The number of likely N-dealkylation sites (tertiary alicyclic amines) is 1. The zero-order valence-corrected chi connectivity index (χ0v) is 27.0. The topological polar surface area (TPSA) is 65.4 Å². The number of carbonyl (C=O) groups is 1. The molecule has 1 amide bonds. The number of aliphatic hydroxyl groups is 1. The van der Waals surface area contributed by atoms with Crippen molar-refractivity contribution in [2.45, 2.75) is 43.1 Å². The Morgan fingerprint density at radius 2 is 1.55 bits per heavy atom. The molecule has 0 aliphatic carbocycles. The van der Waals surface area contributed by atoms with Crippen LogP contribution in [0.4, 0.5) is 26.3 Å². The van der Waals surface area contributed by atoms with E-state index < -0.39 is 46.5 Å². The van der Waals surface area contributed by atoms with Crippen molar-refractivity contribution in [2.75, 3.05) is 40.3 Å². The summed E-state index contributed by atoms with van der Waals surface area (Å²) < 4.78 is 80.8. The minimum Gasteiger partial charge on any atom is -0.399 e. The van der Waals surface area contributed by atoms with Gasteiger partial charge in [-0.1, -0.05) is 64.8 Å². The van der Waals surface area contributed by atoms with Gasteiger partial charge in [0.2, 0.25) is 0 Å². The molecule has 6 nitrogen and oxygen atoms in total. The molecule has 1 unspecified atom stereocenters. The highest BCUT2D eigenvalue weighted by atomic mass is 35.5. The molecule has 14 heteroatoms. The van der Waals surface area contributed by atoms with Gasteiger partial charge in [0.25, 0.3) is 5.91 Å². The number of oxime groups is 1. The summed E-state index contributed by atoms with van der Waals surface area (Å²) in [4.78, 5) is 21.6. The van der Waals surface area contributed by atoms with Gasteiger partial charge in [-0.15, -0.1) is 0 Å². The van der Waals surface area contributed by atoms with Crippen LogP contribution in [0.2, 0.25) is 10.0 Å². The number of halogens is 8. The molecular weight excluding hydrogens is 671 g/mol. The Labute approximate surface area is 278 Å². The molecule has 4 rings (SSSR count). The second kappa shape index (κ2) is 14.8. The third kappa shape index (κ3) is 9.19. The third-order valence-corrected chi connectivity index (χ3v) is 9.00. The zero-order chi connectivity index (χ0) is 34.6. The summed E-state index contributed by atoms with van der Waals surface area (Å²) in [5.41, 5.74) is -3.14. The van der Waals surface area contributed by atoms with Crippen LogP contribution < -0.4 is 0 Å². The molecule has 0 spiro atoms. The lowest BCUT2D eigenvalue weighted by atomic mass is 9.84. The first-order valence-corrected chi connectivity index (χ1v) is 15.4. The van der Waals surface area contributed by atoms with Crippen molar-refractivity contribution >= 4 is 34.8 Å². The van der Waals surface area contributed by atoms with E-state index in [0.717, 1.165) is 10.5 Å². The maximum Gasteiger partial charge on any atom is 0.416 e. The van der Waals surface area contributed by atoms with Crippen LogP contribution in [0.15, 0.2) is 71.9 Å². The minimum absolute atomic E-state index is 0.0316. The third-order valence-electron chi connectivity index (χ3n) is 8.27. The van der Waals surface area contributed by atoms with Crippen molar-refractivity contribution in [2.24, 2.45) is 5.16 Å². The molecule has 47 heavy (non-hydrogen) atoms. The van der Waals surface area contributed by atoms with Crippen LogP contribution in [0, 0.1) is 0 Å². The van der Waals surface area contributed by atoms with Crippen molar-refractivity contribution in [3.8, 4) is 0 Å². The number of piperidine rings is 1. The first kappa shape index (κ1) is 36.5. The largest absolute Gasteiger partial charge is 0.416 e. The maximum atomic E-state index is 13.5. The molecule has 0 saturated carbocycles. The van der Waals surface area contributed by atoms with Gasteiger partial charge >= 0.3 is 12.4 Å². The van der Waals surface area contributed by atoms with Crippen LogP contribution >= 0.6 is 23.2 Å². The van der Waals surface area contributed by atoms with Gasteiger partial charge in [-0.2, -0.15) is 26.3 Å². The van der Waals surface area contributed by atoms with E-state index in [-0.39, 0.29) is 23.3 Å². The summed E-state index contributed by atoms with van der Waals surface area (Å²) in [6, 6.07) is 15.1. The van der Waals surface area contributed by atoms with Gasteiger partial charge in [0.15, 0.2) is 0 Å². The lowest BCUT2D eigenvalue weighted by Crippen LogP contribution is -2.43. The fourth-order valence-corrected chi connectivity index (χ4v) is 5.99. The molecule has 0 radical (unpaired) electrons. The van der Waals surface area contributed by atoms with Gasteiger partial charge in [-0.3, -0.25) is 4.79 Å². The Balaban J connectivity index is 1.57. The van der Waals surface area contributed by atoms with Crippen molar-refractivity contribution in [3.63, 3.8) is 0 Å². The van der Waals surface area contributed by atoms with Gasteiger partial charge in [0, 0.05) is 31.6 Å². The van der Waals surface area contributed by atoms with Gasteiger partial charge in [0.1, 0.15) is 7.11 Å². The highest BCUT2D eigenvalue weighted by molar-refractivity contribution is 6.42. The van der Waals surface area contributed by atoms with Crippen LogP contribution in [-0.2, 0) is 22.8 Å². The van der Waals surface area contributed by atoms with E-state index in [9.17, 15) is 36.2 Å². The summed E-state index contributed by atoms with van der Waals surface area (Å²) >= 11 is 12.5. The predicted molar refractivity (Wildman–Crippen MR) is 168 cm³/mol. The molecule has 1 N–H and O–H groups in total. The number of hydrogen-bond donors (Lipinski definition) is 1. The Kier molecular flexibility index (Phi) is 11.5. The monoisotopic (exact) mass is 703 g/mol. The van der Waals surface area contributed by atoms with Crippen LogP contribution in [0.5, 0.6) is 0 Å². The summed E-state index contributed by atoms with van der Waals surface area (Å²) in [5, 5.41) is 15.9. The number of carbonyl (C=O) groups excluding carboxylic acids is 1. The summed E-state index contributed by atoms with van der Waals surface area (Å²) in [6.45, 7) is 1.42. The van der Waals surface area contributed by atoms with E-state index in [1.54, 1.807) is 18.2 Å². The standard InChI is InChI=1S/C33H33Cl2F6N3O3/c1-43(30(45)22-16-24(32(36,37)38)19-25(17-22)33(39,40)41)20-29(42-47-2)26(21-8-9-27(34)28(35)18-21)10-13-44-14-11-31(46,12-15-44)23-6-4-3-5-7-23/h3-9,16-19,26,46H,10-15,20H2,1-2H3. The highest BCUT2D eigenvalue weighted by Crippen LogP contribution is 2.37. The average molecular weight is 705 g/mol. The average Bonchev–Trinajstić information content (AvgIpc) is 3.02. The molecule has 3 aromatic rings. The van der Waals surface area contributed by atoms with Crippen molar-refractivity contribution < 1.29 is 41.1 Å². The second-order valence-corrected chi connectivity index (χ2v) is 12.3. The van der Waals surface area contributed by atoms with E-state index in [2.05, 4.69) is 10.1 Å². The number of amides is 1. The SMILES string of the molecule is CON=C(CN(C)C(=O)c1cc(C(F)(F)F)cc(C(F)(F)F)c1)C(CCN1CCC(O)(c2ccccc2)CC1)c1ccc(Cl)c(Cl)c1. The van der Waals surface area contributed by atoms with Gasteiger partial charge in [-0.05, 0) is 67.3 Å². The molecular formula is C33H33Cl2F6N3O3. The number of alkyl halides is 6. The second-order valence-electron chi connectivity index (χ2n) is 11.5. The molecule has 254 valence electrons. The zero-order valence-electron chi connectivity index (χ0n) is 25.5. The fraction of sp³-hybridized carbons (Fsp3) is 0.394. The molecule has 1 atom stereocenters. The molecule has 1 aliphatic heterocycles. The van der Waals surface area contributed by atoms with Crippen LogP contribution in [0.1, 0.15) is 57.8 Å². The minimum atomic E-state index is -5.11. The summed E-state index contributed by atoms with van der Waals surface area (Å²) in [6.07, 6.45) is -8.79. The Hall–Kier alpha value is -3.32. The number of rotatable bonds is 10. The highest BCUT2D eigenvalue weighted by Gasteiger charge is 2.38. The van der Waals surface area contributed by atoms with Gasteiger partial charge in [0.05, 0.1) is 39.0 Å². The molecule has 0 bridgehead atoms. The molecule has 3 aromatic carbocycles. The Morgan fingerprint density at radius 1 is 0.957 bits per heavy atom. The smallest absolute Gasteiger partial charge is 0.399 e. The number of hydrogen-bond acceptors (Lipinski definition) is 5. The maximum absolute atomic E-state index is 13.5. The van der Waals surface area contributed by atoms with Crippen molar-refractivity contribution in [1.82, 2.24) is 9.80 Å². The molecule has 0 aromatic heterocycles. The quantitative estimate of drug-likeness (QED) is 0.131. The Morgan fingerprint density at radius 3 is 2.09 bits per heavy atom. The summed E-state index contributed by atoms with van der Waals surface area (Å²) in [7, 11) is 2.53. The Bertz CT molecular complexity index is 1540. The summed E-state index contributed by atoms with van der Waals surface area (Å²) in [5.74, 6) is -1.61.